The van der Waals surface area contributed by atoms with Crippen molar-refractivity contribution in [1.82, 2.24) is 0 Å². The quantitative estimate of drug-likeness (QED) is 0.582. The fourth-order valence-electron chi connectivity index (χ4n) is 1.50. The van der Waals surface area contributed by atoms with Crippen LogP contribution in [0.3, 0.4) is 0 Å². The summed E-state index contributed by atoms with van der Waals surface area (Å²) in [5.74, 6) is -0.671. The van der Waals surface area contributed by atoms with Crippen molar-refractivity contribution in [2.45, 2.75) is 13.8 Å². The summed E-state index contributed by atoms with van der Waals surface area (Å²) in [5.41, 5.74) is 6.44. The molecule has 0 aliphatic rings. The Morgan fingerprint density at radius 2 is 2.14 bits per heavy atom. The summed E-state index contributed by atoms with van der Waals surface area (Å²) in [6.45, 7) is 2.99. The van der Waals surface area contributed by atoms with E-state index < -0.39 is 5.82 Å². The molecule has 1 aromatic rings. The molecular weight excluding hydrogens is 185 g/mol. The third-order valence-electron chi connectivity index (χ3n) is 2.06. The SMILES string of the molecule is COc1c(F)cc(N)c(C(C)=O)c1C. The highest BCUT2D eigenvalue weighted by Crippen LogP contribution is 2.29. The Labute approximate surface area is 81.7 Å². The molecule has 1 rings (SSSR count). The number of rotatable bonds is 2. The Balaban J connectivity index is 3.52. The van der Waals surface area contributed by atoms with E-state index in [4.69, 9.17) is 10.5 Å². The minimum absolute atomic E-state index is 0.0735. The molecule has 14 heavy (non-hydrogen) atoms. The summed E-state index contributed by atoms with van der Waals surface area (Å²) in [5, 5.41) is 0. The van der Waals surface area contributed by atoms with Gasteiger partial charge in [-0.05, 0) is 13.8 Å². The van der Waals surface area contributed by atoms with Crippen molar-refractivity contribution in [2.24, 2.45) is 0 Å². The van der Waals surface area contributed by atoms with Crippen LogP contribution in [0, 0.1) is 12.7 Å². The Morgan fingerprint density at radius 1 is 1.57 bits per heavy atom. The van der Waals surface area contributed by atoms with Gasteiger partial charge in [0.1, 0.15) is 0 Å². The normalized spacial score (nSPS) is 10.0. The molecule has 0 bridgehead atoms. The molecule has 2 N–H and O–H groups in total. The second-order valence-electron chi connectivity index (χ2n) is 3.04. The fourth-order valence-corrected chi connectivity index (χ4v) is 1.50. The second kappa shape index (κ2) is 3.65. The van der Waals surface area contributed by atoms with E-state index >= 15 is 0 Å². The van der Waals surface area contributed by atoms with Crippen LogP contribution in [0.15, 0.2) is 6.07 Å². The number of carbonyl (C=O) groups excluding carboxylic acids is 1. The number of benzene rings is 1. The zero-order chi connectivity index (χ0) is 10.9. The Hall–Kier alpha value is -1.58. The third kappa shape index (κ3) is 1.55. The molecule has 76 valence electrons. The lowest BCUT2D eigenvalue weighted by atomic mass is 10.0. The van der Waals surface area contributed by atoms with Crippen LogP contribution in [0.4, 0.5) is 10.1 Å². The Kier molecular flexibility index (Phi) is 2.74. The molecule has 0 saturated heterocycles. The molecule has 3 nitrogen and oxygen atoms in total. The lowest BCUT2D eigenvalue weighted by Crippen LogP contribution is -2.06. The summed E-state index contributed by atoms with van der Waals surface area (Å²) >= 11 is 0. The number of nitrogen functional groups attached to an aromatic ring is 1. The lowest BCUT2D eigenvalue weighted by Gasteiger charge is -2.11. The molecule has 0 unspecified atom stereocenters. The highest BCUT2D eigenvalue weighted by atomic mass is 19.1. The summed E-state index contributed by atoms with van der Waals surface area (Å²) in [4.78, 5) is 11.2. The number of hydrogen-bond donors (Lipinski definition) is 1. The second-order valence-corrected chi connectivity index (χ2v) is 3.04. The predicted molar refractivity (Wildman–Crippen MR) is 52.1 cm³/mol. The van der Waals surface area contributed by atoms with E-state index in [9.17, 15) is 9.18 Å². The first-order chi connectivity index (χ1) is 6.49. The summed E-state index contributed by atoms with van der Waals surface area (Å²) < 4.78 is 18.1. The maximum absolute atomic E-state index is 13.2. The smallest absolute Gasteiger partial charge is 0.167 e. The number of ketones is 1. The first kappa shape index (κ1) is 10.5. The number of methoxy groups -OCH3 is 1. The molecule has 0 aliphatic carbocycles. The van der Waals surface area contributed by atoms with Crippen molar-refractivity contribution in [2.75, 3.05) is 12.8 Å². The van der Waals surface area contributed by atoms with E-state index in [1.54, 1.807) is 6.92 Å². The van der Waals surface area contributed by atoms with Gasteiger partial charge in [0.15, 0.2) is 17.3 Å². The predicted octanol–water partition coefficient (Wildman–Crippen LogP) is 1.93. The number of halogens is 1. The first-order valence-electron chi connectivity index (χ1n) is 4.12. The molecule has 0 spiro atoms. The molecule has 0 fully saturated rings. The van der Waals surface area contributed by atoms with Crippen molar-refractivity contribution < 1.29 is 13.9 Å². The van der Waals surface area contributed by atoms with Gasteiger partial charge < -0.3 is 10.5 Å². The van der Waals surface area contributed by atoms with E-state index in [1.807, 2.05) is 0 Å². The summed E-state index contributed by atoms with van der Waals surface area (Å²) in [6, 6.07) is 1.10. The number of hydrogen-bond acceptors (Lipinski definition) is 3. The van der Waals surface area contributed by atoms with Crippen LogP contribution in [-0.2, 0) is 0 Å². The number of anilines is 1. The molecule has 0 atom stereocenters. The van der Waals surface area contributed by atoms with Crippen LogP contribution in [-0.4, -0.2) is 12.9 Å². The molecule has 4 heteroatoms. The molecule has 1 aromatic carbocycles. The van der Waals surface area contributed by atoms with E-state index in [2.05, 4.69) is 0 Å². The minimum atomic E-state index is -0.549. The highest BCUT2D eigenvalue weighted by Gasteiger charge is 2.16. The number of ether oxygens (including phenoxy) is 1. The fraction of sp³-hybridized carbons (Fsp3) is 0.300. The number of carbonyl (C=O) groups is 1. The molecule has 0 amide bonds. The van der Waals surface area contributed by atoms with Gasteiger partial charge in [-0.15, -0.1) is 0 Å². The van der Waals surface area contributed by atoms with Crippen molar-refractivity contribution in [3.05, 3.63) is 23.0 Å². The minimum Gasteiger partial charge on any atom is -0.493 e. The van der Waals surface area contributed by atoms with Gasteiger partial charge in [0, 0.05) is 22.9 Å². The molecule has 0 radical (unpaired) electrons. The first-order valence-corrected chi connectivity index (χ1v) is 4.12. The van der Waals surface area contributed by atoms with Crippen LogP contribution in [0.1, 0.15) is 22.8 Å². The zero-order valence-corrected chi connectivity index (χ0v) is 8.35. The largest absolute Gasteiger partial charge is 0.493 e. The van der Waals surface area contributed by atoms with E-state index in [1.165, 1.54) is 14.0 Å². The van der Waals surface area contributed by atoms with Crippen LogP contribution >= 0.6 is 0 Å². The van der Waals surface area contributed by atoms with Crippen molar-refractivity contribution >= 4 is 11.5 Å². The molecule has 0 aliphatic heterocycles. The average molecular weight is 197 g/mol. The molecular formula is C10H12FNO2. The van der Waals surface area contributed by atoms with E-state index in [0.29, 0.717) is 11.1 Å². The lowest BCUT2D eigenvalue weighted by molar-refractivity contribution is 0.101. The molecule has 0 heterocycles. The van der Waals surface area contributed by atoms with Gasteiger partial charge in [-0.1, -0.05) is 0 Å². The standard InChI is InChI=1S/C10H12FNO2/c1-5-9(6(2)13)8(12)4-7(11)10(5)14-3/h4H,12H2,1-3H3. The molecule has 0 aromatic heterocycles. The van der Waals surface area contributed by atoms with Crippen LogP contribution < -0.4 is 10.5 Å². The molecule has 0 saturated carbocycles. The third-order valence-corrected chi connectivity index (χ3v) is 2.06. The number of nitrogens with two attached hydrogens (primary N) is 1. The van der Waals surface area contributed by atoms with Crippen LogP contribution in [0.2, 0.25) is 0 Å². The highest BCUT2D eigenvalue weighted by molar-refractivity contribution is 6.01. The van der Waals surface area contributed by atoms with Crippen molar-refractivity contribution in [1.29, 1.82) is 0 Å². The maximum atomic E-state index is 13.2. The van der Waals surface area contributed by atoms with Gasteiger partial charge in [-0.25, -0.2) is 4.39 Å². The van der Waals surface area contributed by atoms with Crippen molar-refractivity contribution in [3.63, 3.8) is 0 Å². The van der Waals surface area contributed by atoms with Gasteiger partial charge in [0.25, 0.3) is 0 Å². The van der Waals surface area contributed by atoms with Crippen LogP contribution in [0.5, 0.6) is 5.75 Å². The Morgan fingerprint density at radius 3 is 2.57 bits per heavy atom. The zero-order valence-electron chi connectivity index (χ0n) is 8.35. The van der Waals surface area contributed by atoms with Crippen molar-refractivity contribution in [3.8, 4) is 5.75 Å². The van der Waals surface area contributed by atoms with Gasteiger partial charge in [-0.3, -0.25) is 4.79 Å². The monoisotopic (exact) mass is 197 g/mol. The maximum Gasteiger partial charge on any atom is 0.167 e. The summed E-state index contributed by atoms with van der Waals surface area (Å²) in [7, 11) is 1.35. The summed E-state index contributed by atoms with van der Waals surface area (Å²) in [6.07, 6.45) is 0. The van der Waals surface area contributed by atoms with Crippen LogP contribution in [0.25, 0.3) is 0 Å². The average Bonchev–Trinajstić information content (AvgIpc) is 2.02. The van der Waals surface area contributed by atoms with Gasteiger partial charge in [0.05, 0.1) is 7.11 Å². The van der Waals surface area contributed by atoms with E-state index in [0.717, 1.165) is 6.07 Å². The van der Waals surface area contributed by atoms with Gasteiger partial charge in [-0.2, -0.15) is 0 Å². The van der Waals surface area contributed by atoms with Gasteiger partial charge in [0.2, 0.25) is 0 Å². The van der Waals surface area contributed by atoms with E-state index in [-0.39, 0.29) is 17.2 Å². The van der Waals surface area contributed by atoms with Gasteiger partial charge >= 0.3 is 0 Å². The topological polar surface area (TPSA) is 52.3 Å². The number of Topliss-reactive ketones (excluding diaryl/α,β-unsaturated/α-hetero) is 1. The Bertz CT molecular complexity index is 388.